The number of aromatic hydroxyl groups is 1. The molecule has 0 aromatic heterocycles. The van der Waals surface area contributed by atoms with Crippen molar-refractivity contribution >= 4 is 11.8 Å². The van der Waals surface area contributed by atoms with Gasteiger partial charge in [-0.1, -0.05) is 13.0 Å². The number of phenolic OH excluding ortho intramolecular Hbond substituents is 1. The van der Waals surface area contributed by atoms with Crippen molar-refractivity contribution in [2.45, 2.75) is 53.6 Å². The molecule has 2 rings (SSSR count). The first-order chi connectivity index (χ1) is 10.6. The van der Waals surface area contributed by atoms with E-state index in [0.717, 1.165) is 28.8 Å². The minimum atomic E-state index is -0.524. The Morgan fingerprint density at radius 1 is 1.26 bits per heavy atom. The van der Waals surface area contributed by atoms with Crippen LogP contribution < -0.4 is 0 Å². The molecule has 1 aromatic rings. The summed E-state index contributed by atoms with van der Waals surface area (Å²) in [5, 5.41) is 9.97. The van der Waals surface area contributed by atoms with Gasteiger partial charge in [0.2, 0.25) is 0 Å². The van der Waals surface area contributed by atoms with Crippen molar-refractivity contribution < 1.29 is 14.6 Å². The molecule has 4 nitrogen and oxygen atoms in total. The summed E-state index contributed by atoms with van der Waals surface area (Å²) in [6.07, 6.45) is 2.69. The zero-order valence-corrected chi connectivity index (χ0v) is 14.9. The van der Waals surface area contributed by atoms with E-state index >= 15 is 0 Å². The van der Waals surface area contributed by atoms with Crippen molar-refractivity contribution in [3.63, 3.8) is 0 Å². The quantitative estimate of drug-likeness (QED) is 0.821. The highest BCUT2D eigenvalue weighted by atomic mass is 16.6. The first-order valence-electron chi connectivity index (χ1n) is 8.09. The largest absolute Gasteiger partial charge is 0.507 e. The molecular weight excluding hydrogens is 290 g/mol. The number of aryl methyl sites for hydroxylation is 2. The standard InChI is InChI=1S/C19H27NO3/c1-12-7-8-16(15-9-13(2)17(21)14(3)10-15)20(11-12)18(22)23-19(4,5)6/h8-10,12,21H,7,11H2,1-6H3. The van der Waals surface area contributed by atoms with Crippen LogP contribution in [0.3, 0.4) is 0 Å². The van der Waals surface area contributed by atoms with Crippen molar-refractivity contribution in [2.75, 3.05) is 6.54 Å². The predicted molar refractivity (Wildman–Crippen MR) is 92.3 cm³/mol. The molecule has 1 unspecified atom stereocenters. The summed E-state index contributed by atoms with van der Waals surface area (Å²) in [6.45, 7) is 12.1. The third-order valence-electron chi connectivity index (χ3n) is 3.90. The van der Waals surface area contributed by atoms with Crippen LogP contribution in [0.25, 0.3) is 5.70 Å². The fraction of sp³-hybridized carbons (Fsp3) is 0.526. The summed E-state index contributed by atoms with van der Waals surface area (Å²) in [6, 6.07) is 3.84. The van der Waals surface area contributed by atoms with Gasteiger partial charge >= 0.3 is 6.09 Å². The number of allylic oxidation sites excluding steroid dienone is 1. The minimum Gasteiger partial charge on any atom is -0.507 e. The van der Waals surface area contributed by atoms with Gasteiger partial charge in [0.1, 0.15) is 11.4 Å². The number of carbonyl (C=O) groups excluding carboxylic acids is 1. The Labute approximate surface area is 138 Å². The van der Waals surface area contributed by atoms with Crippen LogP contribution >= 0.6 is 0 Å². The zero-order chi connectivity index (χ0) is 17.4. The summed E-state index contributed by atoms with van der Waals surface area (Å²) in [4.78, 5) is 14.3. The molecule has 1 aromatic carbocycles. The van der Waals surface area contributed by atoms with E-state index in [-0.39, 0.29) is 6.09 Å². The molecular formula is C19H27NO3. The maximum atomic E-state index is 12.6. The maximum Gasteiger partial charge on any atom is 0.414 e. The Balaban J connectivity index is 2.39. The third-order valence-corrected chi connectivity index (χ3v) is 3.90. The fourth-order valence-electron chi connectivity index (χ4n) is 2.77. The number of rotatable bonds is 1. The number of ether oxygens (including phenoxy) is 1. The average molecular weight is 317 g/mol. The summed E-state index contributed by atoms with van der Waals surface area (Å²) < 4.78 is 5.56. The summed E-state index contributed by atoms with van der Waals surface area (Å²) in [7, 11) is 0. The molecule has 0 saturated carbocycles. The van der Waals surface area contributed by atoms with Crippen LogP contribution in [-0.4, -0.2) is 28.2 Å². The molecule has 1 atom stereocenters. The molecule has 1 amide bonds. The van der Waals surface area contributed by atoms with E-state index < -0.39 is 5.60 Å². The van der Waals surface area contributed by atoms with Gasteiger partial charge in [-0.3, -0.25) is 4.90 Å². The van der Waals surface area contributed by atoms with Crippen LogP contribution in [0.5, 0.6) is 5.75 Å². The first kappa shape index (κ1) is 17.4. The lowest BCUT2D eigenvalue weighted by molar-refractivity contribution is 0.0327. The van der Waals surface area contributed by atoms with Crippen molar-refractivity contribution in [1.29, 1.82) is 0 Å². The smallest absolute Gasteiger partial charge is 0.414 e. The zero-order valence-electron chi connectivity index (χ0n) is 14.9. The Morgan fingerprint density at radius 3 is 2.35 bits per heavy atom. The van der Waals surface area contributed by atoms with Gasteiger partial charge in [-0.25, -0.2) is 4.79 Å². The molecule has 1 aliphatic rings. The molecule has 1 heterocycles. The normalized spacial score (nSPS) is 18.6. The second kappa shape index (κ2) is 6.26. The molecule has 23 heavy (non-hydrogen) atoms. The maximum absolute atomic E-state index is 12.6. The van der Waals surface area contributed by atoms with Gasteiger partial charge in [-0.05, 0) is 75.8 Å². The Hall–Kier alpha value is -1.97. The predicted octanol–water partition coefficient (Wildman–Crippen LogP) is 4.63. The second-order valence-corrected chi connectivity index (χ2v) is 7.48. The SMILES string of the molecule is Cc1cc(C2=CCC(C)CN2C(=O)OC(C)(C)C)cc(C)c1O. The molecule has 0 saturated heterocycles. The summed E-state index contributed by atoms with van der Waals surface area (Å²) in [5.41, 5.74) is 2.90. The van der Waals surface area contributed by atoms with Crippen LogP contribution in [0, 0.1) is 19.8 Å². The van der Waals surface area contributed by atoms with E-state index in [9.17, 15) is 9.90 Å². The topological polar surface area (TPSA) is 49.8 Å². The number of phenols is 1. The van der Waals surface area contributed by atoms with Gasteiger partial charge in [0.05, 0.1) is 5.70 Å². The molecule has 0 bridgehead atoms. The molecule has 1 aliphatic heterocycles. The summed E-state index contributed by atoms with van der Waals surface area (Å²) >= 11 is 0. The highest BCUT2D eigenvalue weighted by molar-refractivity contribution is 5.83. The Morgan fingerprint density at radius 2 is 1.83 bits per heavy atom. The van der Waals surface area contributed by atoms with Gasteiger partial charge in [0.15, 0.2) is 0 Å². The van der Waals surface area contributed by atoms with E-state index in [4.69, 9.17) is 4.74 Å². The molecule has 0 radical (unpaired) electrons. The van der Waals surface area contributed by atoms with Gasteiger partial charge < -0.3 is 9.84 Å². The van der Waals surface area contributed by atoms with Gasteiger partial charge in [0.25, 0.3) is 0 Å². The van der Waals surface area contributed by atoms with Crippen molar-refractivity contribution in [2.24, 2.45) is 5.92 Å². The van der Waals surface area contributed by atoms with Crippen LogP contribution in [0.1, 0.15) is 50.8 Å². The monoisotopic (exact) mass is 317 g/mol. The Bertz CT molecular complexity index is 618. The highest BCUT2D eigenvalue weighted by Gasteiger charge is 2.29. The van der Waals surface area contributed by atoms with E-state index in [1.807, 2.05) is 46.8 Å². The number of benzene rings is 1. The molecule has 0 fully saturated rings. The molecule has 0 spiro atoms. The number of carbonyl (C=O) groups is 1. The average Bonchev–Trinajstić information content (AvgIpc) is 2.42. The van der Waals surface area contributed by atoms with Gasteiger partial charge in [-0.15, -0.1) is 0 Å². The Kier molecular flexibility index (Phi) is 4.73. The molecule has 4 heteroatoms. The van der Waals surface area contributed by atoms with E-state index in [1.165, 1.54) is 0 Å². The molecule has 1 N–H and O–H groups in total. The van der Waals surface area contributed by atoms with E-state index in [2.05, 4.69) is 13.0 Å². The van der Waals surface area contributed by atoms with E-state index in [1.54, 1.807) is 4.90 Å². The van der Waals surface area contributed by atoms with Crippen molar-refractivity contribution in [3.05, 3.63) is 34.9 Å². The molecule has 0 aliphatic carbocycles. The van der Waals surface area contributed by atoms with Crippen LogP contribution in [0.15, 0.2) is 18.2 Å². The first-order valence-corrected chi connectivity index (χ1v) is 8.09. The third kappa shape index (κ3) is 4.06. The highest BCUT2D eigenvalue weighted by Crippen LogP contribution is 2.33. The van der Waals surface area contributed by atoms with Crippen molar-refractivity contribution in [1.82, 2.24) is 4.90 Å². The van der Waals surface area contributed by atoms with Crippen LogP contribution in [0.2, 0.25) is 0 Å². The fourth-order valence-corrected chi connectivity index (χ4v) is 2.77. The lowest BCUT2D eigenvalue weighted by atomic mass is 9.96. The lowest BCUT2D eigenvalue weighted by Gasteiger charge is -2.34. The molecule has 126 valence electrons. The van der Waals surface area contributed by atoms with Gasteiger partial charge in [0, 0.05) is 6.54 Å². The van der Waals surface area contributed by atoms with Crippen LogP contribution in [-0.2, 0) is 4.74 Å². The number of amides is 1. The number of hydrogen-bond acceptors (Lipinski definition) is 3. The second-order valence-electron chi connectivity index (χ2n) is 7.48. The minimum absolute atomic E-state index is 0.308. The number of hydrogen-bond donors (Lipinski definition) is 1. The number of nitrogens with zero attached hydrogens (tertiary/aromatic N) is 1. The van der Waals surface area contributed by atoms with Gasteiger partial charge in [-0.2, -0.15) is 0 Å². The van der Waals surface area contributed by atoms with Crippen LogP contribution in [0.4, 0.5) is 4.79 Å². The summed E-state index contributed by atoms with van der Waals surface area (Å²) in [5.74, 6) is 0.702. The van der Waals surface area contributed by atoms with Crippen molar-refractivity contribution in [3.8, 4) is 5.75 Å². The lowest BCUT2D eigenvalue weighted by Crippen LogP contribution is -2.39. The van der Waals surface area contributed by atoms with E-state index in [0.29, 0.717) is 18.2 Å².